The van der Waals surface area contributed by atoms with Crippen molar-refractivity contribution >= 4 is 28.2 Å². The number of hydrogen-bond donors (Lipinski definition) is 1. The van der Waals surface area contributed by atoms with Gasteiger partial charge in [0.05, 0.1) is 17.4 Å². The Balaban J connectivity index is 1.53. The Morgan fingerprint density at radius 2 is 2.03 bits per heavy atom. The summed E-state index contributed by atoms with van der Waals surface area (Å²) in [5.74, 6) is 0.611. The lowest BCUT2D eigenvalue weighted by molar-refractivity contribution is -0.133. The van der Waals surface area contributed by atoms with Gasteiger partial charge in [-0.15, -0.1) is 11.3 Å². The molecule has 30 heavy (non-hydrogen) atoms. The zero-order chi connectivity index (χ0) is 21.3. The van der Waals surface area contributed by atoms with E-state index in [1.165, 1.54) is 15.9 Å². The molecule has 1 aliphatic heterocycles. The number of carbonyl (C=O) groups is 1. The average molecular weight is 425 g/mol. The summed E-state index contributed by atoms with van der Waals surface area (Å²) in [7, 11) is 0. The van der Waals surface area contributed by atoms with Crippen LogP contribution in [0.4, 0.5) is 10.9 Å². The molecule has 3 aromatic rings. The number of anilines is 2. The molecule has 0 aromatic carbocycles. The number of carbonyl (C=O) groups excluding carboxylic acids is 1. The monoisotopic (exact) mass is 424 g/mol. The molecule has 0 spiro atoms. The average Bonchev–Trinajstić information content (AvgIpc) is 3.34. The summed E-state index contributed by atoms with van der Waals surface area (Å²) in [6.45, 7) is 6.19. The van der Waals surface area contributed by atoms with Crippen LogP contribution < -0.4 is 11.0 Å². The molecule has 4 heterocycles. The Morgan fingerprint density at radius 1 is 1.20 bits per heavy atom. The molecule has 1 amide bonds. The van der Waals surface area contributed by atoms with E-state index in [0.29, 0.717) is 18.1 Å². The van der Waals surface area contributed by atoms with Crippen molar-refractivity contribution in [2.45, 2.75) is 46.2 Å². The molecular weight excluding hydrogens is 400 g/mol. The Bertz CT molecular complexity index is 1140. The van der Waals surface area contributed by atoms with Crippen LogP contribution >= 0.6 is 11.3 Å². The molecule has 9 heteroatoms. The highest BCUT2D eigenvalue weighted by Crippen LogP contribution is 2.32. The lowest BCUT2D eigenvalue weighted by Gasteiger charge is -2.25. The molecule has 1 aliphatic rings. The zero-order valence-electron chi connectivity index (χ0n) is 17.3. The molecule has 1 N–H and O–H groups in total. The first-order valence-electron chi connectivity index (χ1n) is 9.91. The molecule has 0 aliphatic carbocycles. The molecule has 156 valence electrons. The summed E-state index contributed by atoms with van der Waals surface area (Å²) < 4.78 is 1.43. The fourth-order valence-corrected chi connectivity index (χ4v) is 4.49. The number of likely N-dealkylation sites (tertiary alicyclic amines) is 1. The summed E-state index contributed by atoms with van der Waals surface area (Å²) in [6, 6.07) is 7.48. The number of pyridine rings is 1. The normalized spacial score (nSPS) is 16.1. The molecule has 4 rings (SSSR count). The van der Waals surface area contributed by atoms with Gasteiger partial charge in [0.2, 0.25) is 5.91 Å². The highest BCUT2D eigenvalue weighted by atomic mass is 32.1. The molecular formula is C21H24N6O2S. The third kappa shape index (κ3) is 4.25. The fraction of sp³-hybridized carbons (Fsp3) is 0.381. The zero-order valence-corrected chi connectivity index (χ0v) is 18.1. The molecule has 1 unspecified atom stereocenters. The maximum absolute atomic E-state index is 13.1. The van der Waals surface area contributed by atoms with Crippen molar-refractivity contribution in [3.8, 4) is 0 Å². The molecule has 0 saturated carbocycles. The van der Waals surface area contributed by atoms with E-state index >= 15 is 0 Å². The number of rotatable bonds is 5. The minimum atomic E-state index is -0.389. The van der Waals surface area contributed by atoms with Gasteiger partial charge in [-0.1, -0.05) is 6.07 Å². The van der Waals surface area contributed by atoms with Crippen LogP contribution in [0.1, 0.15) is 41.7 Å². The molecule has 1 fully saturated rings. The summed E-state index contributed by atoms with van der Waals surface area (Å²) in [6.07, 6.45) is 1.75. The number of nitrogens with zero attached hydrogens (tertiary/aromatic N) is 5. The number of hydrogen-bond acceptors (Lipinski definition) is 7. The summed E-state index contributed by atoms with van der Waals surface area (Å²) in [5.41, 5.74) is 2.80. The van der Waals surface area contributed by atoms with E-state index < -0.39 is 0 Å². The molecule has 1 atom stereocenters. The van der Waals surface area contributed by atoms with Crippen LogP contribution in [-0.2, 0) is 11.3 Å². The Labute approximate surface area is 178 Å². The van der Waals surface area contributed by atoms with E-state index in [4.69, 9.17) is 4.98 Å². The largest absolute Gasteiger partial charge is 0.348 e. The van der Waals surface area contributed by atoms with Gasteiger partial charge >= 0.3 is 5.69 Å². The SMILES string of the molecule is Cc1csc(Nc2cccc(C3CCCN3C(=O)Cn3c(C)cc(C)nc3=O)n2)n1. The van der Waals surface area contributed by atoms with Crippen molar-refractivity contribution in [1.82, 2.24) is 24.4 Å². The molecule has 0 bridgehead atoms. The van der Waals surface area contributed by atoms with Crippen LogP contribution in [-0.4, -0.2) is 36.9 Å². The third-order valence-electron chi connectivity index (χ3n) is 5.18. The highest BCUT2D eigenvalue weighted by molar-refractivity contribution is 7.13. The van der Waals surface area contributed by atoms with Crippen LogP contribution in [0.25, 0.3) is 0 Å². The standard InChI is InChI=1S/C21H24N6O2S/c1-13-10-15(3)27(21(29)23-13)11-19(28)26-9-5-7-17(26)16-6-4-8-18(24-16)25-20-22-14(2)12-30-20/h4,6,8,10,12,17H,5,7,9,11H2,1-3H3,(H,22,24,25). The van der Waals surface area contributed by atoms with Gasteiger partial charge in [-0.3, -0.25) is 9.36 Å². The van der Waals surface area contributed by atoms with E-state index in [1.807, 2.05) is 48.4 Å². The number of thiazole rings is 1. The van der Waals surface area contributed by atoms with Crippen LogP contribution in [0.2, 0.25) is 0 Å². The van der Waals surface area contributed by atoms with Crippen LogP contribution in [0.15, 0.2) is 34.4 Å². The van der Waals surface area contributed by atoms with Crippen LogP contribution in [0, 0.1) is 20.8 Å². The first-order chi connectivity index (χ1) is 14.4. The van der Waals surface area contributed by atoms with Crippen molar-refractivity contribution in [3.63, 3.8) is 0 Å². The van der Waals surface area contributed by atoms with Gasteiger partial charge in [-0.25, -0.2) is 14.8 Å². The Hall–Kier alpha value is -3.07. The van der Waals surface area contributed by atoms with Gasteiger partial charge in [-0.2, -0.15) is 4.98 Å². The van der Waals surface area contributed by atoms with Gasteiger partial charge in [0.15, 0.2) is 5.13 Å². The van der Waals surface area contributed by atoms with E-state index in [-0.39, 0.29) is 24.2 Å². The van der Waals surface area contributed by atoms with Gasteiger partial charge in [0, 0.05) is 23.3 Å². The van der Waals surface area contributed by atoms with Crippen molar-refractivity contribution in [1.29, 1.82) is 0 Å². The first kappa shape index (κ1) is 20.2. The predicted molar refractivity (Wildman–Crippen MR) is 116 cm³/mol. The number of aryl methyl sites for hydroxylation is 3. The number of aromatic nitrogens is 4. The van der Waals surface area contributed by atoms with Crippen LogP contribution in [0.3, 0.4) is 0 Å². The minimum Gasteiger partial charge on any atom is -0.333 e. The van der Waals surface area contributed by atoms with E-state index in [2.05, 4.69) is 15.3 Å². The van der Waals surface area contributed by atoms with Gasteiger partial charge < -0.3 is 10.2 Å². The number of amides is 1. The molecule has 8 nitrogen and oxygen atoms in total. The van der Waals surface area contributed by atoms with Crippen molar-refractivity contribution < 1.29 is 4.79 Å². The maximum Gasteiger partial charge on any atom is 0.348 e. The lowest BCUT2D eigenvalue weighted by atomic mass is 10.1. The topological polar surface area (TPSA) is 93.0 Å². The van der Waals surface area contributed by atoms with Crippen molar-refractivity contribution in [2.24, 2.45) is 0 Å². The predicted octanol–water partition coefficient (Wildman–Crippen LogP) is 3.13. The smallest absolute Gasteiger partial charge is 0.333 e. The summed E-state index contributed by atoms with van der Waals surface area (Å²) >= 11 is 1.53. The Morgan fingerprint density at radius 3 is 2.77 bits per heavy atom. The lowest BCUT2D eigenvalue weighted by Crippen LogP contribution is -2.37. The van der Waals surface area contributed by atoms with Gasteiger partial charge in [0.1, 0.15) is 12.4 Å². The molecule has 1 saturated heterocycles. The second kappa shape index (κ2) is 8.35. The summed E-state index contributed by atoms with van der Waals surface area (Å²) in [5, 5.41) is 6.00. The van der Waals surface area contributed by atoms with Crippen LogP contribution in [0.5, 0.6) is 0 Å². The summed E-state index contributed by atoms with van der Waals surface area (Å²) in [4.78, 5) is 40.2. The fourth-order valence-electron chi connectivity index (χ4n) is 3.79. The van der Waals surface area contributed by atoms with Crippen molar-refractivity contribution in [2.75, 3.05) is 11.9 Å². The van der Waals surface area contributed by atoms with Gasteiger partial charge in [0.25, 0.3) is 0 Å². The quantitative estimate of drug-likeness (QED) is 0.676. The Kier molecular flexibility index (Phi) is 5.63. The first-order valence-corrected chi connectivity index (χ1v) is 10.8. The second-order valence-corrected chi connectivity index (χ2v) is 8.38. The van der Waals surface area contributed by atoms with Crippen molar-refractivity contribution in [3.05, 3.63) is 62.9 Å². The number of nitrogens with one attached hydrogen (secondary N) is 1. The van der Waals surface area contributed by atoms with E-state index in [0.717, 1.165) is 35.1 Å². The van der Waals surface area contributed by atoms with Gasteiger partial charge in [-0.05, 0) is 51.8 Å². The minimum absolute atomic E-state index is 0.00915. The van der Waals surface area contributed by atoms with E-state index in [1.54, 1.807) is 6.92 Å². The molecule has 3 aromatic heterocycles. The third-order valence-corrected chi connectivity index (χ3v) is 6.05. The molecule has 0 radical (unpaired) electrons. The van der Waals surface area contributed by atoms with E-state index in [9.17, 15) is 9.59 Å². The maximum atomic E-state index is 13.1. The second-order valence-electron chi connectivity index (χ2n) is 7.52. The highest BCUT2D eigenvalue weighted by Gasteiger charge is 2.31.